The first-order valence-electron chi connectivity index (χ1n) is 26.8. The molecule has 4 aromatic carbocycles. The molecule has 77 heavy (non-hydrogen) atoms. The average molecular weight is 1060 g/mol. The summed E-state index contributed by atoms with van der Waals surface area (Å²) in [5.74, 6) is -3.16. The van der Waals surface area contributed by atoms with Gasteiger partial charge in [-0.3, -0.25) is 14.5 Å². The Balaban J connectivity index is 0.968. The number of carbonyl (C=O) groups excluding carboxylic acids is 3. The molecule has 0 spiro atoms. The molecule has 10 rings (SSSR count). The Morgan fingerprint density at radius 2 is 1.18 bits per heavy atom. The monoisotopic (exact) mass is 1060 g/mol. The van der Waals surface area contributed by atoms with Gasteiger partial charge < -0.3 is 44.7 Å². The van der Waals surface area contributed by atoms with Crippen LogP contribution in [0.3, 0.4) is 0 Å². The van der Waals surface area contributed by atoms with Crippen LogP contribution in [0.5, 0.6) is 0 Å². The quantitative estimate of drug-likeness (QED) is 0.0812. The summed E-state index contributed by atoms with van der Waals surface area (Å²) >= 11 is 0. The number of likely N-dealkylation sites (N-methyl/N-ethyl adjacent to an activating group) is 1. The predicted octanol–water partition coefficient (Wildman–Crippen LogP) is 10.8. The number of anilines is 2. The standard InChI is InChI=1S/C57H66F4N10O6/c1-30(2)49(66-56(74)77-6)54(72)69-21-7-9-47(69)52-62-41-15-12-34(26-43(41)64-52)45-17-18-46(71(45)36-28-39(60)51(40(61)29-36)68-23-19-32(20-24-68)33-11-14-37(58)38(59)25-33)35-13-16-42-44(27-35)65-53(63-42)48-10-8-22-70(48)55(73)50(31(3)4)67(5)57(75)76/h11-16,25-32,45-50H,7-10,17-24H2,1-6H3,(H,62,64)(H,63,65)(H,66,74)(H,75,76)/t45-,46-,47+,48+,49+,50+/m1/s1. The van der Waals surface area contributed by atoms with Crippen LogP contribution in [0.2, 0.25) is 0 Å². The van der Waals surface area contributed by atoms with Crippen molar-refractivity contribution in [2.24, 2.45) is 11.8 Å². The number of rotatable bonds is 13. The van der Waals surface area contributed by atoms with Crippen LogP contribution in [0.15, 0.2) is 66.7 Å². The zero-order valence-electron chi connectivity index (χ0n) is 44.2. The van der Waals surface area contributed by atoms with Crippen LogP contribution in [0.1, 0.15) is 137 Å². The van der Waals surface area contributed by atoms with Crippen molar-refractivity contribution in [3.05, 3.63) is 118 Å². The number of likely N-dealkylation sites (tertiary alicyclic amines) is 2. The minimum absolute atomic E-state index is 0.0986. The molecule has 4 aliphatic rings. The number of H-pyrrole nitrogens is 2. The van der Waals surface area contributed by atoms with Crippen molar-refractivity contribution >= 4 is 57.4 Å². The summed E-state index contributed by atoms with van der Waals surface area (Å²) in [6, 6.07) is 15.3. The highest BCUT2D eigenvalue weighted by Gasteiger charge is 2.42. The van der Waals surface area contributed by atoms with E-state index in [2.05, 4.69) is 20.2 Å². The van der Waals surface area contributed by atoms with E-state index in [0.717, 1.165) is 46.0 Å². The van der Waals surface area contributed by atoms with Crippen molar-refractivity contribution in [2.45, 2.75) is 121 Å². The van der Waals surface area contributed by atoms with Gasteiger partial charge in [-0.1, -0.05) is 45.9 Å². The number of hydrogen-bond donors (Lipinski definition) is 4. The van der Waals surface area contributed by atoms with Gasteiger partial charge >= 0.3 is 12.2 Å². The Bertz CT molecular complexity index is 3190. The molecular formula is C57H66F4N10O6. The van der Waals surface area contributed by atoms with Gasteiger partial charge in [0.1, 0.15) is 29.4 Å². The lowest BCUT2D eigenvalue weighted by Crippen LogP contribution is -2.51. The van der Waals surface area contributed by atoms with Crippen LogP contribution in [0.4, 0.5) is 38.5 Å². The molecule has 4 amide bonds. The fourth-order valence-electron chi connectivity index (χ4n) is 12.5. The number of carbonyl (C=O) groups is 4. The van der Waals surface area contributed by atoms with Gasteiger partial charge in [-0.25, -0.2) is 37.1 Å². The number of nitrogens with one attached hydrogen (secondary N) is 3. The van der Waals surface area contributed by atoms with Gasteiger partial charge in [-0.05, 0) is 134 Å². The van der Waals surface area contributed by atoms with Crippen molar-refractivity contribution in [2.75, 3.05) is 50.1 Å². The molecule has 4 fully saturated rings. The minimum atomic E-state index is -1.18. The Kier molecular flexibility index (Phi) is 14.9. The van der Waals surface area contributed by atoms with Crippen molar-refractivity contribution in [3.8, 4) is 0 Å². The third-order valence-corrected chi connectivity index (χ3v) is 16.4. The summed E-state index contributed by atoms with van der Waals surface area (Å²) < 4.78 is 66.4. The fourth-order valence-corrected chi connectivity index (χ4v) is 12.5. The molecule has 4 saturated heterocycles. The molecule has 6 heterocycles. The zero-order valence-corrected chi connectivity index (χ0v) is 44.2. The number of ether oxygens (including phenoxy) is 1. The van der Waals surface area contributed by atoms with Crippen molar-refractivity contribution in [3.63, 3.8) is 0 Å². The lowest BCUT2D eigenvalue weighted by molar-refractivity contribution is -0.138. The molecule has 6 atom stereocenters. The highest BCUT2D eigenvalue weighted by Crippen LogP contribution is 2.49. The molecule has 16 nitrogen and oxygen atoms in total. The van der Waals surface area contributed by atoms with Crippen LogP contribution < -0.4 is 15.1 Å². The topological polar surface area (TPSA) is 183 Å². The van der Waals surface area contributed by atoms with Crippen LogP contribution in [0, 0.1) is 35.1 Å². The normalized spacial score (nSPS) is 21.0. The molecule has 0 unspecified atom stereocenters. The number of nitrogens with zero attached hydrogens (tertiary/aromatic N) is 7. The molecule has 2 aromatic heterocycles. The first-order valence-corrected chi connectivity index (χ1v) is 26.8. The van der Waals surface area contributed by atoms with E-state index in [1.807, 2.05) is 64.1 Å². The highest BCUT2D eigenvalue weighted by molar-refractivity contribution is 5.87. The molecule has 4 N–H and O–H groups in total. The van der Waals surface area contributed by atoms with E-state index in [4.69, 9.17) is 14.7 Å². The summed E-state index contributed by atoms with van der Waals surface area (Å²) in [5.41, 5.74) is 5.37. The Labute approximate surface area is 444 Å². The first kappa shape index (κ1) is 53.0. The maximum atomic E-state index is 16.8. The van der Waals surface area contributed by atoms with Gasteiger partial charge in [0.2, 0.25) is 11.8 Å². The molecule has 0 bridgehead atoms. The number of halogens is 4. The van der Waals surface area contributed by atoms with Gasteiger partial charge in [0.15, 0.2) is 23.3 Å². The van der Waals surface area contributed by atoms with Crippen molar-refractivity contribution in [1.82, 2.24) is 40.0 Å². The van der Waals surface area contributed by atoms with E-state index < -0.39 is 53.6 Å². The van der Waals surface area contributed by atoms with E-state index in [-0.39, 0.29) is 53.4 Å². The van der Waals surface area contributed by atoms with Gasteiger partial charge in [0.25, 0.3) is 0 Å². The van der Waals surface area contributed by atoms with E-state index in [9.17, 15) is 33.1 Å². The third kappa shape index (κ3) is 10.2. The SMILES string of the molecule is COC(=O)N[C@H](C(=O)N1CCC[C@H]1c1nc2cc([C@H]3CC[C@H](c4ccc5[nH]c([C@@H]6CCCN6C(=O)[C@H](C(C)C)N(C)C(=O)O)nc5c4)N3c3cc(F)c(N4CCC(c5ccc(F)c(F)c5)CC4)c(F)c3)ccc2[nH]1)C(C)C. The number of methoxy groups -OCH3 is 1. The number of imidazole rings is 2. The van der Waals surface area contributed by atoms with E-state index in [1.165, 1.54) is 32.4 Å². The molecular weight excluding hydrogens is 997 g/mol. The van der Waals surface area contributed by atoms with Gasteiger partial charge in [-0.15, -0.1) is 0 Å². The first-order chi connectivity index (χ1) is 36.9. The van der Waals surface area contributed by atoms with E-state index >= 15 is 8.78 Å². The zero-order chi connectivity index (χ0) is 54.6. The molecule has 408 valence electrons. The second-order valence-electron chi connectivity index (χ2n) is 21.8. The molecule has 6 aromatic rings. The summed E-state index contributed by atoms with van der Waals surface area (Å²) in [6.07, 6.45) is 3.11. The number of fused-ring (bicyclic) bond motifs is 2. The third-order valence-electron chi connectivity index (χ3n) is 16.4. The Morgan fingerprint density at radius 1 is 0.649 bits per heavy atom. The number of benzene rings is 4. The van der Waals surface area contributed by atoms with E-state index in [0.29, 0.717) is 98.6 Å². The number of hydrogen-bond acceptors (Lipinski definition) is 9. The number of aromatic amines is 2. The molecule has 0 saturated carbocycles. The van der Waals surface area contributed by atoms with Crippen molar-refractivity contribution < 1.29 is 46.6 Å². The van der Waals surface area contributed by atoms with Gasteiger partial charge in [0, 0.05) is 38.9 Å². The highest BCUT2D eigenvalue weighted by atomic mass is 19.2. The van der Waals surface area contributed by atoms with Gasteiger partial charge in [0.05, 0.1) is 53.3 Å². The second-order valence-corrected chi connectivity index (χ2v) is 21.8. The minimum Gasteiger partial charge on any atom is -0.465 e. The Hall–Kier alpha value is -7.38. The second kappa shape index (κ2) is 21.6. The van der Waals surface area contributed by atoms with Crippen LogP contribution in [0.25, 0.3) is 22.1 Å². The lowest BCUT2D eigenvalue weighted by atomic mass is 9.89. The molecule has 4 aliphatic heterocycles. The number of amides is 4. The van der Waals surface area contributed by atoms with Gasteiger partial charge in [-0.2, -0.15) is 0 Å². The molecule has 0 radical (unpaired) electrons. The maximum absolute atomic E-state index is 16.8. The molecule has 0 aliphatic carbocycles. The number of piperidine rings is 1. The summed E-state index contributed by atoms with van der Waals surface area (Å²) in [4.78, 5) is 77.5. The average Bonchev–Trinajstić information content (AvgIpc) is 4.32. The lowest BCUT2D eigenvalue weighted by Gasteiger charge is -2.36. The number of alkyl carbamates (subject to hydrolysis) is 1. The Morgan fingerprint density at radius 3 is 1.68 bits per heavy atom. The largest absolute Gasteiger partial charge is 0.465 e. The number of carboxylic acid groups (broad SMARTS) is 1. The summed E-state index contributed by atoms with van der Waals surface area (Å²) in [5, 5.41) is 12.5. The number of aromatic nitrogens is 4. The molecule has 20 heteroatoms. The van der Waals surface area contributed by atoms with Crippen molar-refractivity contribution in [1.29, 1.82) is 0 Å². The van der Waals surface area contributed by atoms with Crippen LogP contribution >= 0.6 is 0 Å². The van der Waals surface area contributed by atoms with Crippen LogP contribution in [-0.4, -0.2) is 116 Å². The summed E-state index contributed by atoms with van der Waals surface area (Å²) in [7, 11) is 2.67. The van der Waals surface area contributed by atoms with E-state index in [1.54, 1.807) is 20.8 Å². The van der Waals surface area contributed by atoms with Crippen LogP contribution in [-0.2, 0) is 14.3 Å². The maximum Gasteiger partial charge on any atom is 0.407 e. The summed E-state index contributed by atoms with van der Waals surface area (Å²) in [6.45, 7) is 8.95. The predicted molar refractivity (Wildman–Crippen MR) is 282 cm³/mol. The smallest absolute Gasteiger partial charge is 0.407 e. The fraction of sp³-hybridized carbons (Fsp3) is 0.474.